The van der Waals surface area contributed by atoms with Crippen LogP contribution in [-0.4, -0.2) is 10.9 Å². The lowest BCUT2D eigenvalue weighted by Crippen LogP contribution is -2.01. The number of cyclic esters (lactones) is 1. The van der Waals surface area contributed by atoms with Gasteiger partial charge in [-0.15, -0.1) is 0 Å². The van der Waals surface area contributed by atoms with Crippen molar-refractivity contribution in [3.05, 3.63) is 45.0 Å². The number of carbonyl (C=O) groups is 1. The van der Waals surface area contributed by atoms with Crippen LogP contribution in [0.4, 0.5) is 5.69 Å². The van der Waals surface area contributed by atoms with E-state index >= 15 is 0 Å². The lowest BCUT2D eigenvalue weighted by Gasteiger charge is -2.18. The molecule has 1 aliphatic heterocycles. The van der Waals surface area contributed by atoms with Crippen LogP contribution in [0.1, 0.15) is 35.2 Å². The van der Waals surface area contributed by atoms with Crippen LogP contribution in [0.2, 0.25) is 0 Å². The average Bonchev–Trinajstić information content (AvgIpc) is 2.54. The number of non-ortho nitro benzene ring substituents is 1. The standard InChI is InChI=1S/C12H9NO4/c14-12-10-6-8(13(15)16)4-5-9(10)11(17-12)7-2-1-3-7/h4-6H,1-3H2. The highest BCUT2D eigenvalue weighted by atomic mass is 16.6. The highest BCUT2D eigenvalue weighted by molar-refractivity contribution is 6.04. The average molecular weight is 231 g/mol. The van der Waals surface area contributed by atoms with E-state index in [1.165, 1.54) is 12.1 Å². The quantitative estimate of drug-likeness (QED) is 0.423. The molecule has 0 atom stereocenters. The molecular formula is C12H9NO4. The third kappa shape index (κ3) is 1.43. The summed E-state index contributed by atoms with van der Waals surface area (Å²) < 4.78 is 5.19. The van der Waals surface area contributed by atoms with Crippen molar-refractivity contribution in [3.8, 4) is 0 Å². The normalized spacial score (nSPS) is 17.5. The van der Waals surface area contributed by atoms with Gasteiger partial charge in [0.2, 0.25) is 0 Å². The van der Waals surface area contributed by atoms with Gasteiger partial charge in [-0.25, -0.2) is 4.79 Å². The summed E-state index contributed by atoms with van der Waals surface area (Å²) >= 11 is 0. The second-order valence-corrected chi connectivity index (χ2v) is 4.16. The number of rotatable bonds is 1. The number of carbonyl (C=O) groups excluding carboxylic acids is 1. The van der Waals surface area contributed by atoms with Crippen molar-refractivity contribution in [1.82, 2.24) is 0 Å². The minimum atomic E-state index is -0.512. The van der Waals surface area contributed by atoms with E-state index in [0.717, 1.165) is 24.8 Å². The van der Waals surface area contributed by atoms with Gasteiger partial charge in [0.05, 0.1) is 10.5 Å². The van der Waals surface area contributed by atoms with Gasteiger partial charge < -0.3 is 4.74 Å². The molecule has 1 heterocycles. The molecule has 3 rings (SSSR count). The monoisotopic (exact) mass is 231 g/mol. The number of allylic oxidation sites excluding steroid dienone is 1. The molecule has 2 aliphatic rings. The van der Waals surface area contributed by atoms with Gasteiger partial charge in [0.25, 0.3) is 5.69 Å². The summed E-state index contributed by atoms with van der Waals surface area (Å²) in [6.07, 6.45) is 3.00. The van der Waals surface area contributed by atoms with E-state index in [1.807, 2.05) is 0 Å². The third-order valence-electron chi connectivity index (χ3n) is 3.15. The number of fused-ring (bicyclic) bond motifs is 1. The van der Waals surface area contributed by atoms with Crippen molar-refractivity contribution < 1.29 is 14.5 Å². The molecule has 86 valence electrons. The molecule has 1 aromatic carbocycles. The molecule has 0 spiro atoms. The molecule has 5 nitrogen and oxygen atoms in total. The van der Waals surface area contributed by atoms with E-state index in [4.69, 9.17) is 4.74 Å². The largest absolute Gasteiger partial charge is 0.422 e. The van der Waals surface area contributed by atoms with Crippen LogP contribution in [0.5, 0.6) is 0 Å². The number of benzene rings is 1. The fourth-order valence-corrected chi connectivity index (χ4v) is 2.06. The zero-order valence-corrected chi connectivity index (χ0v) is 8.93. The minimum Gasteiger partial charge on any atom is -0.422 e. The Morgan fingerprint density at radius 1 is 1.24 bits per heavy atom. The summed E-state index contributed by atoms with van der Waals surface area (Å²) in [7, 11) is 0. The van der Waals surface area contributed by atoms with E-state index in [2.05, 4.69) is 0 Å². The van der Waals surface area contributed by atoms with Gasteiger partial charge >= 0.3 is 5.97 Å². The van der Waals surface area contributed by atoms with Crippen LogP contribution in [0.3, 0.4) is 0 Å². The molecular weight excluding hydrogens is 222 g/mol. The second-order valence-electron chi connectivity index (χ2n) is 4.16. The molecule has 0 saturated heterocycles. The minimum absolute atomic E-state index is 0.0828. The fraction of sp³-hybridized carbons (Fsp3) is 0.250. The van der Waals surface area contributed by atoms with Crippen LogP contribution in [0.15, 0.2) is 23.8 Å². The number of nitrogens with zero attached hydrogens (tertiary/aromatic N) is 1. The molecule has 1 fully saturated rings. The van der Waals surface area contributed by atoms with Crippen LogP contribution in [0, 0.1) is 10.1 Å². The lowest BCUT2D eigenvalue weighted by atomic mass is 9.89. The molecule has 1 aromatic rings. The van der Waals surface area contributed by atoms with Crippen molar-refractivity contribution in [1.29, 1.82) is 0 Å². The Bertz CT molecular complexity index is 568. The predicted molar refractivity (Wildman–Crippen MR) is 59.3 cm³/mol. The molecule has 1 aliphatic carbocycles. The zero-order chi connectivity index (χ0) is 12.0. The Morgan fingerprint density at radius 3 is 2.59 bits per heavy atom. The predicted octanol–water partition coefficient (Wildman–Crippen LogP) is 2.66. The molecule has 0 unspecified atom stereocenters. The first kappa shape index (κ1) is 10.0. The number of hydrogen-bond acceptors (Lipinski definition) is 4. The van der Waals surface area contributed by atoms with E-state index in [9.17, 15) is 14.9 Å². The molecule has 0 amide bonds. The Balaban J connectivity index is 2.13. The van der Waals surface area contributed by atoms with Crippen LogP contribution < -0.4 is 0 Å². The molecule has 1 saturated carbocycles. The number of ether oxygens (including phenoxy) is 1. The SMILES string of the molecule is O=C1OC(=C2CCC2)c2ccc([N+](=O)[O-])cc21. The van der Waals surface area contributed by atoms with Gasteiger partial charge in [-0.05, 0) is 30.9 Å². The Kier molecular flexibility index (Phi) is 2.01. The first-order valence-corrected chi connectivity index (χ1v) is 5.40. The van der Waals surface area contributed by atoms with Crippen molar-refractivity contribution in [2.24, 2.45) is 0 Å². The van der Waals surface area contributed by atoms with Gasteiger partial charge in [-0.2, -0.15) is 0 Å². The Hall–Kier alpha value is -2.17. The Morgan fingerprint density at radius 2 is 2.00 bits per heavy atom. The second kappa shape index (κ2) is 3.41. The van der Waals surface area contributed by atoms with E-state index in [1.54, 1.807) is 6.07 Å². The van der Waals surface area contributed by atoms with Gasteiger partial charge in [0.15, 0.2) is 0 Å². The van der Waals surface area contributed by atoms with E-state index in [-0.39, 0.29) is 5.69 Å². The zero-order valence-electron chi connectivity index (χ0n) is 8.93. The van der Waals surface area contributed by atoms with Crippen LogP contribution in [0.25, 0.3) is 5.76 Å². The van der Waals surface area contributed by atoms with E-state index < -0.39 is 10.9 Å². The molecule has 5 heteroatoms. The maximum Gasteiger partial charge on any atom is 0.344 e. The van der Waals surface area contributed by atoms with Crippen molar-refractivity contribution in [3.63, 3.8) is 0 Å². The molecule has 0 aromatic heterocycles. The van der Waals surface area contributed by atoms with Gasteiger partial charge in [-0.3, -0.25) is 10.1 Å². The van der Waals surface area contributed by atoms with Crippen molar-refractivity contribution in [2.75, 3.05) is 0 Å². The smallest absolute Gasteiger partial charge is 0.344 e. The first-order chi connectivity index (χ1) is 8.16. The highest BCUT2D eigenvalue weighted by Crippen LogP contribution is 2.40. The number of nitro benzene ring substituents is 1. The lowest BCUT2D eigenvalue weighted by molar-refractivity contribution is -0.384. The fourth-order valence-electron chi connectivity index (χ4n) is 2.06. The molecule has 0 radical (unpaired) electrons. The van der Waals surface area contributed by atoms with Crippen LogP contribution >= 0.6 is 0 Å². The Labute approximate surface area is 96.8 Å². The number of esters is 1. The van der Waals surface area contributed by atoms with Gasteiger partial charge in [0, 0.05) is 17.7 Å². The summed E-state index contributed by atoms with van der Waals surface area (Å²) in [4.78, 5) is 21.7. The summed E-state index contributed by atoms with van der Waals surface area (Å²) in [6.45, 7) is 0. The van der Waals surface area contributed by atoms with Gasteiger partial charge in [0.1, 0.15) is 5.76 Å². The maximum absolute atomic E-state index is 11.6. The van der Waals surface area contributed by atoms with E-state index in [0.29, 0.717) is 16.9 Å². The van der Waals surface area contributed by atoms with Crippen molar-refractivity contribution >= 4 is 17.4 Å². The summed E-state index contributed by atoms with van der Waals surface area (Å²) in [5, 5.41) is 10.6. The number of hydrogen-bond donors (Lipinski definition) is 0. The summed E-state index contributed by atoms with van der Waals surface area (Å²) in [6, 6.07) is 4.28. The highest BCUT2D eigenvalue weighted by Gasteiger charge is 2.32. The molecule has 0 bridgehead atoms. The molecule has 0 N–H and O–H groups in total. The van der Waals surface area contributed by atoms with Crippen LogP contribution in [-0.2, 0) is 4.74 Å². The summed E-state index contributed by atoms with van der Waals surface area (Å²) in [5.41, 5.74) is 2.04. The first-order valence-electron chi connectivity index (χ1n) is 5.40. The summed E-state index contributed by atoms with van der Waals surface area (Å²) in [5.74, 6) is 0.129. The molecule has 17 heavy (non-hydrogen) atoms. The third-order valence-corrected chi connectivity index (χ3v) is 3.15. The van der Waals surface area contributed by atoms with Gasteiger partial charge in [-0.1, -0.05) is 0 Å². The topological polar surface area (TPSA) is 69.4 Å². The maximum atomic E-state index is 11.6. The van der Waals surface area contributed by atoms with Crippen molar-refractivity contribution in [2.45, 2.75) is 19.3 Å². The number of nitro groups is 1.